The van der Waals surface area contributed by atoms with E-state index in [1.807, 2.05) is 6.92 Å². The number of ketones is 1. The Morgan fingerprint density at radius 2 is 1.68 bits per heavy atom. The van der Waals surface area contributed by atoms with Crippen molar-refractivity contribution in [2.24, 2.45) is 0 Å². The van der Waals surface area contributed by atoms with Crippen molar-refractivity contribution in [2.45, 2.75) is 20.8 Å². The van der Waals surface area contributed by atoms with Crippen molar-refractivity contribution in [3.63, 3.8) is 0 Å². The molecule has 0 saturated carbocycles. The van der Waals surface area contributed by atoms with Crippen molar-refractivity contribution in [1.29, 1.82) is 0 Å². The van der Waals surface area contributed by atoms with Gasteiger partial charge in [-0.1, -0.05) is 11.6 Å². The Kier molecular flexibility index (Phi) is 5.70. The van der Waals surface area contributed by atoms with Crippen LogP contribution in [0.4, 0.5) is 17.3 Å². The molecule has 0 aliphatic carbocycles. The molecule has 0 unspecified atom stereocenters. The molecule has 7 heteroatoms. The predicted octanol–water partition coefficient (Wildman–Crippen LogP) is 4.95. The minimum atomic E-state index is -0.342. The van der Waals surface area contributed by atoms with Crippen LogP contribution in [0, 0.1) is 13.8 Å². The summed E-state index contributed by atoms with van der Waals surface area (Å²) in [7, 11) is 0. The Balaban J connectivity index is 1.80. The first-order valence-corrected chi connectivity index (χ1v) is 9.01. The van der Waals surface area contributed by atoms with Crippen LogP contribution in [-0.2, 0) is 0 Å². The van der Waals surface area contributed by atoms with Crippen LogP contribution in [0.1, 0.15) is 39.0 Å². The Labute approximate surface area is 168 Å². The van der Waals surface area contributed by atoms with Crippen molar-refractivity contribution < 1.29 is 9.59 Å². The molecule has 0 aliphatic rings. The van der Waals surface area contributed by atoms with Gasteiger partial charge >= 0.3 is 0 Å². The largest absolute Gasteiger partial charge is 0.324 e. The van der Waals surface area contributed by atoms with E-state index in [-0.39, 0.29) is 17.4 Å². The van der Waals surface area contributed by atoms with Gasteiger partial charge in [-0.3, -0.25) is 9.59 Å². The number of rotatable bonds is 5. The summed E-state index contributed by atoms with van der Waals surface area (Å²) in [4.78, 5) is 32.6. The highest BCUT2D eigenvalue weighted by molar-refractivity contribution is 6.30. The average molecular weight is 395 g/mol. The highest BCUT2D eigenvalue weighted by atomic mass is 35.5. The first-order valence-electron chi connectivity index (χ1n) is 8.63. The molecule has 2 aromatic carbocycles. The number of Topliss-reactive ketones (excluding diaryl/α,β-unsaturated/α-hetero) is 1. The molecule has 1 heterocycles. The minimum absolute atomic E-state index is 0.00481. The van der Waals surface area contributed by atoms with E-state index >= 15 is 0 Å². The summed E-state index contributed by atoms with van der Waals surface area (Å²) in [5.41, 5.74) is 3.75. The smallest absolute Gasteiger partial charge is 0.274 e. The van der Waals surface area contributed by atoms with E-state index in [9.17, 15) is 9.59 Å². The second-order valence-corrected chi connectivity index (χ2v) is 6.83. The van der Waals surface area contributed by atoms with Gasteiger partial charge in [-0.15, -0.1) is 0 Å². The number of carbonyl (C=O) groups is 2. The van der Waals surface area contributed by atoms with Crippen molar-refractivity contribution >= 4 is 40.6 Å². The molecule has 2 N–H and O–H groups in total. The Bertz CT molecular complexity index is 1050. The van der Waals surface area contributed by atoms with Gasteiger partial charge in [0, 0.05) is 27.7 Å². The van der Waals surface area contributed by atoms with Crippen molar-refractivity contribution in [3.05, 3.63) is 76.1 Å². The fourth-order valence-electron chi connectivity index (χ4n) is 2.61. The van der Waals surface area contributed by atoms with Crippen LogP contribution in [-0.4, -0.2) is 21.7 Å². The maximum Gasteiger partial charge on any atom is 0.274 e. The minimum Gasteiger partial charge on any atom is -0.324 e. The summed E-state index contributed by atoms with van der Waals surface area (Å²) in [6.07, 6.45) is 0. The van der Waals surface area contributed by atoms with E-state index in [0.717, 1.165) is 11.3 Å². The van der Waals surface area contributed by atoms with Gasteiger partial charge in [0.05, 0.1) is 0 Å². The molecule has 3 rings (SSSR count). The molecular weight excluding hydrogens is 376 g/mol. The van der Waals surface area contributed by atoms with E-state index in [2.05, 4.69) is 20.6 Å². The zero-order valence-corrected chi connectivity index (χ0v) is 16.5. The topological polar surface area (TPSA) is 84.0 Å². The first kappa shape index (κ1) is 19.5. The van der Waals surface area contributed by atoms with Crippen LogP contribution in [0.3, 0.4) is 0 Å². The van der Waals surface area contributed by atoms with Gasteiger partial charge in [-0.25, -0.2) is 9.97 Å². The van der Waals surface area contributed by atoms with Crippen LogP contribution in [0.5, 0.6) is 0 Å². The molecule has 142 valence electrons. The normalized spacial score (nSPS) is 10.4. The molecule has 0 atom stereocenters. The molecule has 0 radical (unpaired) electrons. The number of aryl methyl sites for hydroxylation is 2. The number of benzene rings is 2. The molecule has 0 spiro atoms. The van der Waals surface area contributed by atoms with E-state index in [1.54, 1.807) is 55.5 Å². The quantitative estimate of drug-likeness (QED) is 0.598. The van der Waals surface area contributed by atoms with Gasteiger partial charge in [0.2, 0.25) is 5.95 Å². The zero-order valence-electron chi connectivity index (χ0n) is 15.7. The van der Waals surface area contributed by atoms with Gasteiger partial charge in [-0.05, 0) is 74.9 Å². The van der Waals surface area contributed by atoms with E-state index in [1.165, 1.54) is 6.92 Å². The molecule has 3 aromatic rings. The highest BCUT2D eigenvalue weighted by Gasteiger charge is 2.13. The van der Waals surface area contributed by atoms with Crippen molar-refractivity contribution in [2.75, 3.05) is 10.6 Å². The maximum atomic E-state index is 12.6. The van der Waals surface area contributed by atoms with Crippen LogP contribution in [0.25, 0.3) is 0 Å². The van der Waals surface area contributed by atoms with Gasteiger partial charge in [0.25, 0.3) is 5.91 Å². The lowest BCUT2D eigenvalue weighted by molar-refractivity contribution is 0.101. The lowest BCUT2D eigenvalue weighted by atomic mass is 10.1. The highest BCUT2D eigenvalue weighted by Crippen LogP contribution is 2.21. The van der Waals surface area contributed by atoms with Gasteiger partial charge in [0.15, 0.2) is 5.78 Å². The molecule has 28 heavy (non-hydrogen) atoms. The molecule has 1 amide bonds. The number of nitrogens with one attached hydrogen (secondary N) is 2. The Morgan fingerprint density at radius 3 is 2.32 bits per heavy atom. The Hall–Kier alpha value is -3.25. The van der Waals surface area contributed by atoms with Crippen molar-refractivity contribution in [3.8, 4) is 0 Å². The first-order chi connectivity index (χ1) is 13.3. The summed E-state index contributed by atoms with van der Waals surface area (Å²) in [6, 6.07) is 13.8. The third kappa shape index (κ3) is 4.72. The SMILES string of the molecule is CC(=O)c1ccc(Nc2nc(C)cc(C(=O)Nc3ccc(Cl)cc3C)n2)cc1. The maximum absolute atomic E-state index is 12.6. The van der Waals surface area contributed by atoms with Crippen LogP contribution in [0.2, 0.25) is 5.02 Å². The summed E-state index contributed by atoms with van der Waals surface area (Å²) in [5, 5.41) is 6.50. The molecule has 0 aliphatic heterocycles. The van der Waals surface area contributed by atoms with E-state index in [0.29, 0.717) is 27.9 Å². The summed E-state index contributed by atoms with van der Waals surface area (Å²) >= 11 is 5.96. The Morgan fingerprint density at radius 1 is 0.964 bits per heavy atom. The number of carbonyl (C=O) groups excluding carboxylic acids is 2. The molecule has 0 saturated heterocycles. The second-order valence-electron chi connectivity index (χ2n) is 6.39. The van der Waals surface area contributed by atoms with Crippen LogP contribution in [0.15, 0.2) is 48.5 Å². The van der Waals surface area contributed by atoms with Gasteiger partial charge in [-0.2, -0.15) is 0 Å². The number of nitrogens with zero attached hydrogens (tertiary/aromatic N) is 2. The predicted molar refractivity (Wildman–Crippen MR) is 111 cm³/mol. The summed E-state index contributed by atoms with van der Waals surface area (Å²) in [6.45, 7) is 5.17. The fourth-order valence-corrected chi connectivity index (χ4v) is 2.84. The molecule has 0 bridgehead atoms. The van der Waals surface area contributed by atoms with Crippen LogP contribution < -0.4 is 10.6 Å². The van der Waals surface area contributed by atoms with Crippen LogP contribution >= 0.6 is 11.6 Å². The lowest BCUT2D eigenvalue weighted by Crippen LogP contribution is -2.16. The number of hydrogen-bond acceptors (Lipinski definition) is 5. The second kappa shape index (κ2) is 8.19. The number of amides is 1. The number of halogens is 1. The lowest BCUT2D eigenvalue weighted by Gasteiger charge is -2.11. The third-order valence-corrected chi connectivity index (χ3v) is 4.31. The van der Waals surface area contributed by atoms with E-state index < -0.39 is 0 Å². The molecular formula is C21H19ClN4O2. The number of aromatic nitrogens is 2. The number of anilines is 3. The van der Waals surface area contributed by atoms with Gasteiger partial charge < -0.3 is 10.6 Å². The van der Waals surface area contributed by atoms with E-state index in [4.69, 9.17) is 11.6 Å². The standard InChI is InChI=1S/C21H19ClN4O2/c1-12-10-16(22)6-9-18(12)25-20(28)19-11-13(2)23-21(26-19)24-17-7-4-15(5-8-17)14(3)27/h4-11H,1-3H3,(H,25,28)(H,23,24,26). The van der Waals surface area contributed by atoms with Gasteiger partial charge in [0.1, 0.15) is 5.69 Å². The zero-order chi connectivity index (χ0) is 20.3. The molecule has 0 fully saturated rings. The summed E-state index contributed by atoms with van der Waals surface area (Å²) < 4.78 is 0. The number of hydrogen-bond donors (Lipinski definition) is 2. The summed E-state index contributed by atoms with van der Waals surface area (Å²) in [5.74, 6) is -0.0470. The van der Waals surface area contributed by atoms with Crippen molar-refractivity contribution in [1.82, 2.24) is 9.97 Å². The molecule has 6 nitrogen and oxygen atoms in total. The third-order valence-electron chi connectivity index (χ3n) is 4.07. The average Bonchev–Trinajstić information content (AvgIpc) is 2.64. The monoisotopic (exact) mass is 394 g/mol. The molecule has 1 aromatic heterocycles. The fraction of sp³-hybridized carbons (Fsp3) is 0.143.